The topological polar surface area (TPSA) is 128 Å². The van der Waals surface area contributed by atoms with Crippen molar-refractivity contribution < 1.29 is 28.8 Å². The maximum Gasteiger partial charge on any atom is 0.326 e. The molecule has 1 aliphatic heterocycles. The number of fused-ring (bicyclic) bond motifs is 1. The van der Waals surface area contributed by atoms with Crippen LogP contribution in [0.4, 0.5) is 11.4 Å². The number of rotatable bonds is 9. The van der Waals surface area contributed by atoms with Gasteiger partial charge in [-0.05, 0) is 25.0 Å². The zero-order valence-corrected chi connectivity index (χ0v) is 17.5. The van der Waals surface area contributed by atoms with Crippen molar-refractivity contribution in [3.63, 3.8) is 0 Å². The van der Waals surface area contributed by atoms with Gasteiger partial charge in [-0.15, -0.1) is 0 Å². The molecule has 0 unspecified atom stereocenters. The molecule has 3 rings (SSSR count). The second-order valence-electron chi connectivity index (χ2n) is 7.23. The van der Waals surface area contributed by atoms with Gasteiger partial charge in [-0.25, -0.2) is 0 Å². The van der Waals surface area contributed by atoms with Crippen molar-refractivity contribution in [3.05, 3.63) is 63.7 Å². The predicted octanol–water partition coefficient (Wildman–Crippen LogP) is 1.92. The average molecular weight is 441 g/mol. The summed E-state index contributed by atoms with van der Waals surface area (Å²) in [5.74, 6) is -1.11. The fraction of sp³-hybridized carbons (Fsp3) is 0.318. The van der Waals surface area contributed by atoms with Crippen LogP contribution in [0.2, 0.25) is 0 Å². The van der Waals surface area contributed by atoms with Gasteiger partial charge in [-0.2, -0.15) is 0 Å². The third-order valence-corrected chi connectivity index (χ3v) is 4.83. The second kappa shape index (κ2) is 10.4. The summed E-state index contributed by atoms with van der Waals surface area (Å²) in [7, 11) is 0. The van der Waals surface area contributed by atoms with Crippen LogP contribution >= 0.6 is 0 Å². The van der Waals surface area contributed by atoms with E-state index in [9.17, 15) is 24.5 Å². The van der Waals surface area contributed by atoms with Crippen molar-refractivity contribution in [2.24, 2.45) is 0 Å². The molecule has 168 valence electrons. The van der Waals surface area contributed by atoms with Gasteiger partial charge in [0, 0.05) is 18.6 Å². The van der Waals surface area contributed by atoms with E-state index in [1.807, 2.05) is 31.2 Å². The van der Waals surface area contributed by atoms with Crippen molar-refractivity contribution in [2.45, 2.75) is 19.8 Å². The number of non-ortho nitro benzene ring substituents is 1. The number of aryl methyl sites for hydroxylation is 2. The van der Waals surface area contributed by atoms with E-state index in [1.54, 1.807) is 0 Å². The predicted molar refractivity (Wildman–Crippen MR) is 114 cm³/mol. The van der Waals surface area contributed by atoms with E-state index < -0.39 is 23.3 Å². The lowest BCUT2D eigenvalue weighted by Gasteiger charge is -2.28. The second-order valence-corrected chi connectivity index (χ2v) is 7.23. The Morgan fingerprint density at radius 1 is 1.22 bits per heavy atom. The minimum absolute atomic E-state index is 0.0601. The first-order valence-electron chi connectivity index (χ1n) is 10.0. The van der Waals surface area contributed by atoms with E-state index in [4.69, 9.17) is 9.47 Å². The van der Waals surface area contributed by atoms with E-state index in [-0.39, 0.29) is 42.8 Å². The number of benzene rings is 2. The van der Waals surface area contributed by atoms with E-state index in [0.717, 1.165) is 16.0 Å². The molecule has 0 saturated carbocycles. The van der Waals surface area contributed by atoms with Crippen LogP contribution in [0.15, 0.2) is 42.5 Å². The third kappa shape index (κ3) is 6.03. The Labute approximate surface area is 184 Å². The Morgan fingerprint density at radius 3 is 2.69 bits per heavy atom. The van der Waals surface area contributed by atoms with Gasteiger partial charge < -0.3 is 14.8 Å². The molecule has 0 aromatic heterocycles. The quantitative estimate of drug-likeness (QED) is 0.272. The van der Waals surface area contributed by atoms with E-state index in [2.05, 4.69) is 5.32 Å². The zero-order valence-electron chi connectivity index (χ0n) is 17.5. The van der Waals surface area contributed by atoms with Gasteiger partial charge in [0.25, 0.3) is 11.6 Å². The molecule has 0 bridgehead atoms. The Balaban J connectivity index is 1.43. The van der Waals surface area contributed by atoms with Crippen molar-refractivity contribution in [1.82, 2.24) is 5.32 Å². The van der Waals surface area contributed by atoms with Crippen LogP contribution < -0.4 is 15.0 Å². The first-order chi connectivity index (χ1) is 15.3. The molecule has 32 heavy (non-hydrogen) atoms. The van der Waals surface area contributed by atoms with Gasteiger partial charge in [0.05, 0.1) is 17.2 Å². The number of amides is 2. The summed E-state index contributed by atoms with van der Waals surface area (Å²) in [5.41, 5.74) is 2.12. The first-order valence-corrected chi connectivity index (χ1v) is 10.0. The lowest BCUT2D eigenvalue weighted by molar-refractivity contribution is -0.384. The van der Waals surface area contributed by atoms with Gasteiger partial charge >= 0.3 is 5.97 Å². The van der Waals surface area contributed by atoms with Crippen molar-refractivity contribution in [1.29, 1.82) is 0 Å². The highest BCUT2D eigenvalue weighted by Gasteiger charge is 2.29. The Bertz CT molecular complexity index is 1020. The van der Waals surface area contributed by atoms with Gasteiger partial charge in [0.15, 0.2) is 6.61 Å². The standard InChI is InChI=1S/C22H23N3O7/c1-15-2-4-16(5-3-15)6-9-20(26)23-10-11-31-22(28)13-24-18-12-17(25(29)30)7-8-19(18)32-14-21(24)27/h2-5,7-8,12H,6,9-11,13-14H2,1H3,(H,23,26). The summed E-state index contributed by atoms with van der Waals surface area (Å²) >= 11 is 0. The lowest BCUT2D eigenvalue weighted by atomic mass is 10.1. The molecule has 0 fully saturated rings. The molecule has 10 nitrogen and oxygen atoms in total. The third-order valence-electron chi connectivity index (χ3n) is 4.83. The molecule has 2 aromatic carbocycles. The van der Waals surface area contributed by atoms with E-state index in [0.29, 0.717) is 12.8 Å². The fourth-order valence-corrected chi connectivity index (χ4v) is 3.11. The molecule has 0 radical (unpaired) electrons. The number of nitro groups is 1. The van der Waals surface area contributed by atoms with Crippen LogP contribution in [0.25, 0.3) is 0 Å². The highest BCUT2D eigenvalue weighted by molar-refractivity contribution is 6.01. The van der Waals surface area contributed by atoms with Crippen LogP contribution in [0.5, 0.6) is 5.75 Å². The van der Waals surface area contributed by atoms with Crippen molar-refractivity contribution >= 4 is 29.2 Å². The summed E-state index contributed by atoms with van der Waals surface area (Å²) in [5, 5.41) is 13.7. The van der Waals surface area contributed by atoms with Crippen LogP contribution in [-0.2, 0) is 25.5 Å². The van der Waals surface area contributed by atoms with Gasteiger partial charge in [0.1, 0.15) is 18.9 Å². The Hall–Kier alpha value is -3.95. The number of esters is 1. The van der Waals surface area contributed by atoms with E-state index in [1.165, 1.54) is 18.2 Å². The minimum atomic E-state index is -0.702. The zero-order chi connectivity index (χ0) is 23.1. The number of carbonyl (C=O) groups is 3. The number of hydrogen-bond donors (Lipinski definition) is 1. The molecule has 1 heterocycles. The van der Waals surface area contributed by atoms with Crippen LogP contribution in [0, 0.1) is 17.0 Å². The van der Waals surface area contributed by atoms with Crippen LogP contribution in [0.1, 0.15) is 17.5 Å². The van der Waals surface area contributed by atoms with Crippen molar-refractivity contribution in [2.75, 3.05) is 31.2 Å². The Kier molecular flexibility index (Phi) is 7.37. The molecule has 0 spiro atoms. The molecule has 1 aliphatic rings. The molecule has 0 aliphatic carbocycles. The molecule has 2 aromatic rings. The lowest BCUT2D eigenvalue weighted by Crippen LogP contribution is -2.42. The maximum absolute atomic E-state index is 12.2. The summed E-state index contributed by atoms with van der Waals surface area (Å²) in [4.78, 5) is 47.8. The van der Waals surface area contributed by atoms with Gasteiger partial charge in [-0.3, -0.25) is 29.4 Å². The van der Waals surface area contributed by atoms with Gasteiger partial charge in [-0.1, -0.05) is 29.8 Å². The number of nitrogens with one attached hydrogen (secondary N) is 1. The largest absolute Gasteiger partial charge is 0.482 e. The average Bonchev–Trinajstić information content (AvgIpc) is 2.78. The number of anilines is 1. The molecule has 2 amide bonds. The number of ether oxygens (including phenoxy) is 2. The number of carbonyl (C=O) groups excluding carboxylic acids is 3. The molecule has 10 heteroatoms. The molecule has 0 atom stereocenters. The van der Waals surface area contributed by atoms with Crippen molar-refractivity contribution in [3.8, 4) is 5.75 Å². The van der Waals surface area contributed by atoms with Gasteiger partial charge in [0.2, 0.25) is 5.91 Å². The number of nitro benzene ring substituents is 1. The molecule has 1 N–H and O–H groups in total. The summed E-state index contributed by atoms with van der Waals surface area (Å²) in [6, 6.07) is 11.7. The van der Waals surface area contributed by atoms with E-state index >= 15 is 0 Å². The summed E-state index contributed by atoms with van der Waals surface area (Å²) < 4.78 is 10.3. The smallest absolute Gasteiger partial charge is 0.326 e. The monoisotopic (exact) mass is 441 g/mol. The molecular formula is C22H23N3O7. The number of nitrogens with zero attached hydrogens (tertiary/aromatic N) is 2. The summed E-state index contributed by atoms with van der Waals surface area (Å²) in [6.07, 6.45) is 0.922. The SMILES string of the molecule is Cc1ccc(CCC(=O)NCCOC(=O)CN2C(=O)COc3ccc([N+](=O)[O-])cc32)cc1. The van der Waals surface area contributed by atoms with Crippen LogP contribution in [-0.4, -0.2) is 49.0 Å². The first kappa shape index (κ1) is 22.7. The fourth-order valence-electron chi connectivity index (χ4n) is 3.11. The normalized spacial score (nSPS) is 12.5. The number of hydrogen-bond acceptors (Lipinski definition) is 7. The Morgan fingerprint density at radius 2 is 1.97 bits per heavy atom. The molecule has 0 saturated heterocycles. The maximum atomic E-state index is 12.2. The highest BCUT2D eigenvalue weighted by Crippen LogP contribution is 2.35. The highest BCUT2D eigenvalue weighted by atomic mass is 16.6. The minimum Gasteiger partial charge on any atom is -0.482 e. The molecular weight excluding hydrogens is 418 g/mol. The van der Waals surface area contributed by atoms with Crippen LogP contribution in [0.3, 0.4) is 0 Å². The summed E-state index contributed by atoms with van der Waals surface area (Å²) in [6.45, 7) is 1.37.